The van der Waals surface area contributed by atoms with Crippen LogP contribution in [0.4, 0.5) is 5.69 Å². The Bertz CT molecular complexity index is 1340. The van der Waals surface area contributed by atoms with Crippen molar-refractivity contribution in [2.24, 2.45) is 0 Å². The van der Waals surface area contributed by atoms with Crippen LogP contribution in [0.15, 0.2) is 45.6 Å². The van der Waals surface area contributed by atoms with Crippen molar-refractivity contribution in [3.05, 3.63) is 67.7 Å². The largest absolute Gasteiger partial charge is 0.423 e. The van der Waals surface area contributed by atoms with Crippen LogP contribution in [0.25, 0.3) is 22.0 Å². The van der Waals surface area contributed by atoms with Gasteiger partial charge in [-0.3, -0.25) is 0 Å². The van der Waals surface area contributed by atoms with E-state index < -0.39 is 0 Å². The predicted molar refractivity (Wildman–Crippen MR) is 140 cm³/mol. The summed E-state index contributed by atoms with van der Waals surface area (Å²) in [4.78, 5) is 22.4. The van der Waals surface area contributed by atoms with E-state index in [2.05, 4.69) is 20.2 Å². The molecule has 0 radical (unpaired) electrons. The minimum absolute atomic E-state index is 0.314. The zero-order chi connectivity index (χ0) is 23.7. The van der Waals surface area contributed by atoms with E-state index in [0.29, 0.717) is 26.7 Å². The van der Waals surface area contributed by atoms with Crippen LogP contribution in [-0.2, 0) is 6.42 Å². The lowest BCUT2D eigenvalue weighted by molar-refractivity contribution is 0.215. The van der Waals surface area contributed by atoms with Crippen LogP contribution in [0, 0.1) is 0 Å². The maximum absolute atomic E-state index is 11.9. The topological polar surface area (TPSA) is 74.2 Å². The summed E-state index contributed by atoms with van der Waals surface area (Å²) in [5, 5.41) is 6.07. The van der Waals surface area contributed by atoms with Crippen molar-refractivity contribution in [2.45, 2.75) is 38.1 Å². The molecule has 2 N–H and O–H groups in total. The Balaban J connectivity index is 1.09. The molecule has 6 nitrogen and oxygen atoms in total. The Hall–Kier alpha value is -2.25. The molecule has 0 unspecified atom stereocenters. The lowest BCUT2D eigenvalue weighted by atomic mass is 10.0. The highest BCUT2D eigenvalue weighted by molar-refractivity contribution is 6.42. The molecule has 2 aromatic heterocycles. The molecule has 0 amide bonds. The maximum Gasteiger partial charge on any atom is 0.338 e. The van der Waals surface area contributed by atoms with Crippen LogP contribution in [0.5, 0.6) is 0 Å². The Labute approximate surface area is 212 Å². The molecule has 1 aliphatic rings. The Morgan fingerprint density at radius 3 is 2.68 bits per heavy atom. The SMILES string of the molecule is O=c1cc(NC2CCN(CCCCc3nc4cc(Cl)c(Cl)cc4[nH]3)CC2)c2cc(Cl)ccc2o1. The molecule has 2 aromatic carbocycles. The fraction of sp³-hybridized carbons (Fsp3) is 0.360. The second kappa shape index (κ2) is 10.2. The summed E-state index contributed by atoms with van der Waals surface area (Å²) in [5.74, 6) is 0.968. The van der Waals surface area contributed by atoms with Gasteiger partial charge in [0.1, 0.15) is 11.4 Å². The summed E-state index contributed by atoms with van der Waals surface area (Å²) in [6, 6.07) is 10.8. The molecule has 3 heterocycles. The van der Waals surface area contributed by atoms with Gasteiger partial charge in [-0.05, 0) is 62.6 Å². The second-order valence-corrected chi connectivity index (χ2v) is 10.1. The van der Waals surface area contributed by atoms with Gasteiger partial charge in [-0.25, -0.2) is 9.78 Å². The predicted octanol–water partition coefficient (Wildman–Crippen LogP) is 6.53. The summed E-state index contributed by atoms with van der Waals surface area (Å²) in [6.45, 7) is 3.12. The molecule has 1 saturated heterocycles. The number of unbranched alkanes of at least 4 members (excludes halogenated alkanes) is 1. The number of aryl methyl sites for hydroxylation is 1. The monoisotopic (exact) mass is 518 g/mol. The molecule has 0 aliphatic carbocycles. The first kappa shape index (κ1) is 23.5. The van der Waals surface area contributed by atoms with Crippen molar-refractivity contribution >= 4 is 62.5 Å². The first-order valence-electron chi connectivity index (χ1n) is 11.5. The van der Waals surface area contributed by atoms with E-state index in [1.165, 1.54) is 6.07 Å². The molecule has 1 fully saturated rings. The van der Waals surface area contributed by atoms with Crippen molar-refractivity contribution in [3.63, 3.8) is 0 Å². The average molecular weight is 520 g/mol. The van der Waals surface area contributed by atoms with Crippen molar-refractivity contribution in [3.8, 4) is 0 Å². The van der Waals surface area contributed by atoms with Gasteiger partial charge >= 0.3 is 5.63 Å². The molecule has 178 valence electrons. The highest BCUT2D eigenvalue weighted by atomic mass is 35.5. The summed E-state index contributed by atoms with van der Waals surface area (Å²) in [5.41, 5.74) is 2.76. The lowest BCUT2D eigenvalue weighted by Gasteiger charge is -2.33. The summed E-state index contributed by atoms with van der Waals surface area (Å²) in [6.07, 6.45) is 5.11. The lowest BCUT2D eigenvalue weighted by Crippen LogP contribution is -2.39. The van der Waals surface area contributed by atoms with Gasteiger partial charge in [0.25, 0.3) is 0 Å². The Kier molecular flexibility index (Phi) is 7.02. The van der Waals surface area contributed by atoms with Crippen molar-refractivity contribution in [2.75, 3.05) is 25.0 Å². The van der Waals surface area contributed by atoms with E-state index in [1.54, 1.807) is 18.2 Å². The highest BCUT2D eigenvalue weighted by Gasteiger charge is 2.20. The van der Waals surface area contributed by atoms with Crippen LogP contribution >= 0.6 is 34.8 Å². The molecular weight excluding hydrogens is 495 g/mol. The Morgan fingerprint density at radius 1 is 1.06 bits per heavy atom. The second-order valence-electron chi connectivity index (χ2n) is 8.80. The number of aromatic amines is 1. The normalized spacial score (nSPS) is 15.4. The minimum Gasteiger partial charge on any atom is -0.423 e. The number of anilines is 1. The average Bonchev–Trinajstić information content (AvgIpc) is 3.20. The smallest absolute Gasteiger partial charge is 0.338 e. The third kappa shape index (κ3) is 5.36. The molecule has 0 spiro atoms. The number of imidazole rings is 1. The number of nitrogens with zero attached hydrogens (tertiary/aromatic N) is 2. The number of H-pyrrole nitrogens is 1. The number of hydrogen-bond acceptors (Lipinski definition) is 5. The van der Waals surface area contributed by atoms with Crippen LogP contribution in [0.2, 0.25) is 15.1 Å². The number of halogens is 3. The minimum atomic E-state index is -0.356. The highest BCUT2D eigenvalue weighted by Crippen LogP contribution is 2.28. The zero-order valence-electron chi connectivity index (χ0n) is 18.5. The maximum atomic E-state index is 11.9. The van der Waals surface area contributed by atoms with Gasteiger partial charge in [-0.2, -0.15) is 0 Å². The number of rotatable bonds is 7. The third-order valence-corrected chi connectivity index (χ3v) is 7.32. The molecule has 5 rings (SSSR count). The molecule has 9 heteroatoms. The zero-order valence-corrected chi connectivity index (χ0v) is 20.8. The number of fused-ring (bicyclic) bond motifs is 2. The number of hydrogen-bond donors (Lipinski definition) is 2. The van der Waals surface area contributed by atoms with Crippen molar-refractivity contribution < 1.29 is 4.42 Å². The molecular formula is C25H25Cl3N4O2. The van der Waals surface area contributed by atoms with E-state index in [0.717, 1.165) is 79.7 Å². The molecule has 34 heavy (non-hydrogen) atoms. The quantitative estimate of drug-likeness (QED) is 0.214. The van der Waals surface area contributed by atoms with Gasteiger partial charge in [0.2, 0.25) is 0 Å². The first-order chi connectivity index (χ1) is 16.4. The van der Waals surface area contributed by atoms with Crippen LogP contribution in [0.1, 0.15) is 31.5 Å². The number of aromatic nitrogens is 2. The van der Waals surface area contributed by atoms with Crippen molar-refractivity contribution in [1.29, 1.82) is 0 Å². The fourth-order valence-corrected chi connectivity index (χ4v) is 5.07. The number of likely N-dealkylation sites (tertiary alicyclic amines) is 1. The number of piperidine rings is 1. The van der Waals surface area contributed by atoms with E-state index in [4.69, 9.17) is 39.2 Å². The van der Waals surface area contributed by atoms with Gasteiger partial charge in [0.05, 0.1) is 26.8 Å². The van der Waals surface area contributed by atoms with Crippen molar-refractivity contribution in [1.82, 2.24) is 14.9 Å². The molecule has 4 aromatic rings. The van der Waals surface area contributed by atoms with Crippen LogP contribution in [-0.4, -0.2) is 40.5 Å². The molecule has 1 aliphatic heterocycles. The standard InChI is InChI=1S/C25H25Cl3N4O2/c26-15-4-5-23-17(11-15)20(14-25(33)34-23)29-16-6-9-32(10-7-16)8-2-1-3-24-30-21-12-18(27)19(28)13-22(21)31-24/h4-5,11-14,16,29H,1-3,6-10H2,(H,30,31). The number of nitrogens with one attached hydrogen (secondary N) is 2. The van der Waals surface area contributed by atoms with E-state index in [-0.39, 0.29) is 5.63 Å². The van der Waals surface area contributed by atoms with E-state index >= 15 is 0 Å². The summed E-state index contributed by atoms with van der Waals surface area (Å²) < 4.78 is 5.30. The van der Waals surface area contributed by atoms with Crippen LogP contribution in [0.3, 0.4) is 0 Å². The fourth-order valence-electron chi connectivity index (χ4n) is 4.58. The summed E-state index contributed by atoms with van der Waals surface area (Å²) >= 11 is 18.3. The van der Waals surface area contributed by atoms with Gasteiger partial charge in [-0.1, -0.05) is 34.8 Å². The van der Waals surface area contributed by atoms with E-state index in [1.807, 2.05) is 12.1 Å². The van der Waals surface area contributed by atoms with Gasteiger partial charge < -0.3 is 19.6 Å². The molecule has 0 atom stereocenters. The third-order valence-electron chi connectivity index (χ3n) is 6.36. The van der Waals surface area contributed by atoms with Crippen LogP contribution < -0.4 is 10.9 Å². The first-order valence-corrected chi connectivity index (χ1v) is 12.6. The van der Waals surface area contributed by atoms with E-state index in [9.17, 15) is 4.79 Å². The number of benzene rings is 2. The molecule has 0 bridgehead atoms. The van der Waals surface area contributed by atoms with Gasteiger partial charge in [0.15, 0.2) is 0 Å². The van der Waals surface area contributed by atoms with Gasteiger partial charge in [0, 0.05) is 42.0 Å². The summed E-state index contributed by atoms with van der Waals surface area (Å²) in [7, 11) is 0. The van der Waals surface area contributed by atoms with Gasteiger partial charge in [-0.15, -0.1) is 0 Å². The Morgan fingerprint density at radius 2 is 1.85 bits per heavy atom. The molecule has 0 saturated carbocycles.